The number of hydrogen-bond donors (Lipinski definition) is 1. The highest BCUT2D eigenvalue weighted by Crippen LogP contribution is 2.19. The maximum atomic E-state index is 12.6. The van der Waals surface area contributed by atoms with Crippen molar-refractivity contribution in [2.45, 2.75) is 40.7 Å². The smallest absolute Gasteiger partial charge is 0.338 e. The van der Waals surface area contributed by atoms with Crippen LogP contribution in [0.3, 0.4) is 0 Å². The van der Waals surface area contributed by atoms with Crippen molar-refractivity contribution in [2.24, 2.45) is 5.41 Å². The Balaban J connectivity index is 2.04. The average Bonchev–Trinajstić information content (AvgIpc) is 2.66. The second-order valence-electron chi connectivity index (χ2n) is 8.05. The molecule has 2 aromatic rings. The number of anilines is 2. The summed E-state index contributed by atoms with van der Waals surface area (Å²) in [4.78, 5) is 38.8. The quantitative estimate of drug-likeness (QED) is 0.740. The fourth-order valence-electron chi connectivity index (χ4n) is 2.64. The van der Waals surface area contributed by atoms with Gasteiger partial charge in [0.15, 0.2) is 6.61 Å². The molecular weight excluding hydrogens is 368 g/mol. The van der Waals surface area contributed by atoms with Crippen LogP contribution in [0.25, 0.3) is 0 Å². The number of benzene rings is 2. The third-order valence-corrected chi connectivity index (χ3v) is 4.18. The van der Waals surface area contributed by atoms with Crippen molar-refractivity contribution in [2.75, 3.05) is 16.8 Å². The predicted molar refractivity (Wildman–Crippen MR) is 114 cm³/mol. The van der Waals surface area contributed by atoms with Gasteiger partial charge < -0.3 is 15.0 Å². The number of ether oxygens (including phenoxy) is 1. The lowest BCUT2D eigenvalue weighted by Crippen LogP contribution is -2.39. The third kappa shape index (κ3) is 6.17. The summed E-state index contributed by atoms with van der Waals surface area (Å²) < 4.78 is 5.23. The summed E-state index contributed by atoms with van der Waals surface area (Å²) >= 11 is 0. The largest absolute Gasteiger partial charge is 0.452 e. The van der Waals surface area contributed by atoms with Crippen LogP contribution in [0.1, 0.15) is 45.0 Å². The van der Waals surface area contributed by atoms with Crippen LogP contribution < -0.4 is 10.2 Å². The fraction of sp³-hybridized carbons (Fsp3) is 0.348. The molecule has 6 heteroatoms. The molecule has 2 amide bonds. The van der Waals surface area contributed by atoms with Crippen molar-refractivity contribution in [1.29, 1.82) is 0 Å². The molecule has 0 aliphatic carbocycles. The van der Waals surface area contributed by atoms with Crippen LogP contribution in [0.2, 0.25) is 0 Å². The molecule has 0 aliphatic heterocycles. The Hall–Kier alpha value is -3.15. The van der Waals surface area contributed by atoms with E-state index < -0.39 is 11.4 Å². The van der Waals surface area contributed by atoms with E-state index in [1.54, 1.807) is 43.9 Å². The summed E-state index contributed by atoms with van der Waals surface area (Å²) in [5.41, 5.74) is 0.954. The van der Waals surface area contributed by atoms with Gasteiger partial charge in [-0.25, -0.2) is 4.79 Å². The van der Waals surface area contributed by atoms with Gasteiger partial charge in [0.05, 0.1) is 5.56 Å². The molecule has 6 nitrogen and oxygen atoms in total. The van der Waals surface area contributed by atoms with E-state index in [9.17, 15) is 14.4 Å². The maximum Gasteiger partial charge on any atom is 0.338 e. The first-order valence-corrected chi connectivity index (χ1v) is 9.55. The summed E-state index contributed by atoms with van der Waals surface area (Å²) in [6.07, 6.45) is 0. The molecule has 0 saturated carbocycles. The van der Waals surface area contributed by atoms with E-state index in [-0.39, 0.29) is 30.0 Å². The first-order chi connectivity index (χ1) is 13.6. The summed E-state index contributed by atoms with van der Waals surface area (Å²) in [5, 5.41) is 2.77. The van der Waals surface area contributed by atoms with Gasteiger partial charge in [-0.15, -0.1) is 0 Å². The number of hydrogen-bond acceptors (Lipinski definition) is 4. The maximum absolute atomic E-state index is 12.6. The summed E-state index contributed by atoms with van der Waals surface area (Å²) in [5.74, 6) is -1.09. The van der Waals surface area contributed by atoms with E-state index in [4.69, 9.17) is 4.74 Å². The molecule has 0 saturated heterocycles. The second-order valence-corrected chi connectivity index (χ2v) is 8.05. The zero-order valence-electron chi connectivity index (χ0n) is 17.6. The number of nitrogens with zero attached hydrogens (tertiary/aromatic N) is 1. The van der Waals surface area contributed by atoms with Gasteiger partial charge in [0, 0.05) is 22.8 Å². The molecule has 0 unspecified atom stereocenters. The SMILES string of the molecule is CC(C)N(C(=O)COC(=O)c1cccc(NC(=O)C(C)(C)C)c1)c1ccccc1. The minimum atomic E-state index is -0.623. The van der Waals surface area contributed by atoms with Crippen molar-refractivity contribution < 1.29 is 19.1 Å². The van der Waals surface area contributed by atoms with E-state index in [2.05, 4.69) is 5.32 Å². The lowest BCUT2D eigenvalue weighted by Gasteiger charge is -2.26. The number of amides is 2. The molecule has 154 valence electrons. The Morgan fingerprint density at radius 1 is 1.00 bits per heavy atom. The molecule has 1 N–H and O–H groups in total. The van der Waals surface area contributed by atoms with Crippen LogP contribution in [0, 0.1) is 5.41 Å². The number of carbonyl (C=O) groups is 3. The molecule has 0 aromatic heterocycles. The highest BCUT2D eigenvalue weighted by molar-refractivity contribution is 5.99. The number of nitrogens with one attached hydrogen (secondary N) is 1. The van der Waals surface area contributed by atoms with Gasteiger partial charge in [0.1, 0.15) is 0 Å². The van der Waals surface area contributed by atoms with Crippen molar-refractivity contribution in [3.8, 4) is 0 Å². The van der Waals surface area contributed by atoms with Gasteiger partial charge in [-0.2, -0.15) is 0 Å². The topological polar surface area (TPSA) is 75.7 Å². The van der Waals surface area contributed by atoms with Crippen LogP contribution >= 0.6 is 0 Å². The fourth-order valence-corrected chi connectivity index (χ4v) is 2.64. The second kappa shape index (κ2) is 9.37. The van der Waals surface area contributed by atoms with E-state index in [1.807, 2.05) is 44.2 Å². The highest BCUT2D eigenvalue weighted by atomic mass is 16.5. The van der Waals surface area contributed by atoms with Crippen LogP contribution in [0.4, 0.5) is 11.4 Å². The molecule has 0 radical (unpaired) electrons. The molecule has 0 fully saturated rings. The third-order valence-electron chi connectivity index (χ3n) is 4.18. The first kappa shape index (κ1) is 22.1. The van der Waals surface area contributed by atoms with Crippen molar-refractivity contribution >= 4 is 29.2 Å². The Bertz CT molecular complexity index is 870. The van der Waals surface area contributed by atoms with Gasteiger partial charge in [-0.1, -0.05) is 45.0 Å². The highest BCUT2D eigenvalue weighted by Gasteiger charge is 2.22. The van der Waals surface area contributed by atoms with Crippen LogP contribution in [-0.4, -0.2) is 30.4 Å². The molecular formula is C23H28N2O4. The van der Waals surface area contributed by atoms with E-state index in [1.165, 1.54) is 6.07 Å². The number of rotatable bonds is 6. The van der Waals surface area contributed by atoms with Crippen LogP contribution in [-0.2, 0) is 14.3 Å². The lowest BCUT2D eigenvalue weighted by molar-refractivity contribution is -0.123. The average molecular weight is 396 g/mol. The number of esters is 1. The van der Waals surface area contributed by atoms with Gasteiger partial charge in [-0.05, 0) is 44.2 Å². The minimum absolute atomic E-state index is 0.0838. The number of carbonyl (C=O) groups excluding carboxylic acids is 3. The van der Waals surface area contributed by atoms with Gasteiger partial charge in [-0.3, -0.25) is 9.59 Å². The Morgan fingerprint density at radius 2 is 1.66 bits per heavy atom. The Labute approximate surface area is 171 Å². The standard InChI is InChI=1S/C23H28N2O4/c1-16(2)25(19-12-7-6-8-13-19)20(26)15-29-21(27)17-10-9-11-18(14-17)24-22(28)23(3,4)5/h6-14,16H,15H2,1-5H3,(H,24,28). The van der Waals surface area contributed by atoms with E-state index >= 15 is 0 Å². The molecule has 0 aliphatic rings. The van der Waals surface area contributed by atoms with Crippen molar-refractivity contribution in [3.05, 3.63) is 60.2 Å². The van der Waals surface area contributed by atoms with Gasteiger partial charge in [0.25, 0.3) is 5.91 Å². The van der Waals surface area contributed by atoms with Crippen LogP contribution in [0.15, 0.2) is 54.6 Å². The lowest BCUT2D eigenvalue weighted by atomic mass is 9.95. The molecule has 0 bridgehead atoms. The summed E-state index contributed by atoms with van der Waals surface area (Å²) in [6.45, 7) is 8.84. The van der Waals surface area contributed by atoms with Gasteiger partial charge in [0.2, 0.25) is 5.91 Å². The molecule has 2 aromatic carbocycles. The van der Waals surface area contributed by atoms with Crippen LogP contribution in [0.5, 0.6) is 0 Å². The Kier molecular flexibility index (Phi) is 7.15. The van der Waals surface area contributed by atoms with E-state index in [0.29, 0.717) is 5.69 Å². The molecule has 0 heterocycles. The monoisotopic (exact) mass is 396 g/mol. The first-order valence-electron chi connectivity index (χ1n) is 9.55. The van der Waals surface area contributed by atoms with Gasteiger partial charge >= 0.3 is 5.97 Å². The molecule has 0 spiro atoms. The predicted octanol–water partition coefficient (Wildman–Crippen LogP) is 4.27. The van der Waals surface area contributed by atoms with Crippen molar-refractivity contribution in [1.82, 2.24) is 0 Å². The normalized spacial score (nSPS) is 11.1. The molecule has 29 heavy (non-hydrogen) atoms. The summed E-state index contributed by atoms with van der Waals surface area (Å²) in [6, 6.07) is 15.6. The zero-order chi connectivity index (χ0) is 21.6. The summed E-state index contributed by atoms with van der Waals surface area (Å²) in [7, 11) is 0. The number of para-hydroxylation sites is 1. The van der Waals surface area contributed by atoms with Crippen molar-refractivity contribution in [3.63, 3.8) is 0 Å². The molecule has 2 rings (SSSR count). The Morgan fingerprint density at radius 3 is 2.24 bits per heavy atom. The zero-order valence-corrected chi connectivity index (χ0v) is 17.6. The van der Waals surface area contributed by atoms with E-state index in [0.717, 1.165) is 5.69 Å². The minimum Gasteiger partial charge on any atom is -0.452 e. The molecule has 0 atom stereocenters.